The van der Waals surface area contributed by atoms with Crippen molar-refractivity contribution in [2.75, 3.05) is 6.54 Å². The minimum absolute atomic E-state index is 0.276. The van der Waals surface area contributed by atoms with Gasteiger partial charge in [0.05, 0.1) is 5.41 Å². The molecule has 0 fully saturated rings. The molecule has 0 aliphatic heterocycles. The number of hydrogen-bond acceptors (Lipinski definition) is 2. The number of carboxylic acids is 1. The third-order valence-corrected chi connectivity index (χ3v) is 4.17. The molecule has 1 aromatic rings. The van der Waals surface area contributed by atoms with Gasteiger partial charge in [0.15, 0.2) is 0 Å². The molecule has 6 heteroatoms. The Labute approximate surface area is 133 Å². The van der Waals surface area contributed by atoms with Gasteiger partial charge >= 0.3 is 5.97 Å². The van der Waals surface area contributed by atoms with Crippen molar-refractivity contribution in [3.63, 3.8) is 0 Å². The second kappa shape index (κ2) is 6.89. The summed E-state index contributed by atoms with van der Waals surface area (Å²) in [5.74, 6) is -4.50. The van der Waals surface area contributed by atoms with Crippen molar-refractivity contribution in [2.24, 2.45) is 5.41 Å². The third kappa shape index (κ3) is 3.94. The fraction of sp³-hybridized carbons (Fsp3) is 0.412. The molecular weight excluding hydrogens is 304 g/mol. The van der Waals surface area contributed by atoms with Gasteiger partial charge < -0.3 is 10.4 Å². The number of amides is 1. The van der Waals surface area contributed by atoms with E-state index in [2.05, 4.69) is 5.32 Å². The standard InChI is InChI=1S/C17H19F2NO3/c1-17(7-3-2-4-8-17)16(23)20-10-13(15(21)22)12-9-11(18)5-6-14(12)19/h3,5-7,9,13H,2,4,8,10H2,1H3,(H,20,23)(H,21,22). The monoisotopic (exact) mass is 323 g/mol. The lowest BCUT2D eigenvalue weighted by atomic mass is 9.80. The first-order chi connectivity index (χ1) is 10.8. The van der Waals surface area contributed by atoms with Gasteiger partial charge in [-0.25, -0.2) is 8.78 Å². The summed E-state index contributed by atoms with van der Waals surface area (Å²) < 4.78 is 27.0. The third-order valence-electron chi connectivity index (χ3n) is 4.17. The molecule has 0 spiro atoms. The van der Waals surface area contributed by atoms with Crippen molar-refractivity contribution >= 4 is 11.9 Å². The van der Waals surface area contributed by atoms with Gasteiger partial charge in [0.2, 0.25) is 5.91 Å². The zero-order valence-electron chi connectivity index (χ0n) is 12.8. The summed E-state index contributed by atoms with van der Waals surface area (Å²) >= 11 is 0. The molecule has 2 N–H and O–H groups in total. The quantitative estimate of drug-likeness (QED) is 0.819. The van der Waals surface area contributed by atoms with E-state index in [1.54, 1.807) is 6.92 Å². The van der Waals surface area contributed by atoms with Gasteiger partial charge in [-0.2, -0.15) is 0 Å². The van der Waals surface area contributed by atoms with Gasteiger partial charge in [0, 0.05) is 12.1 Å². The number of carbonyl (C=O) groups is 2. The molecule has 1 aliphatic rings. The van der Waals surface area contributed by atoms with E-state index in [0.717, 1.165) is 31.0 Å². The van der Waals surface area contributed by atoms with E-state index in [-0.39, 0.29) is 18.0 Å². The second-order valence-corrected chi connectivity index (χ2v) is 5.98. The topological polar surface area (TPSA) is 66.4 Å². The Hall–Kier alpha value is -2.24. The lowest BCUT2D eigenvalue weighted by Gasteiger charge is -2.28. The van der Waals surface area contributed by atoms with Gasteiger partial charge in [0.1, 0.15) is 17.6 Å². The normalized spacial score (nSPS) is 21.7. The van der Waals surface area contributed by atoms with Crippen molar-refractivity contribution in [1.29, 1.82) is 0 Å². The summed E-state index contributed by atoms with van der Waals surface area (Å²) in [6.45, 7) is 1.48. The van der Waals surface area contributed by atoms with Crippen molar-refractivity contribution in [3.05, 3.63) is 47.5 Å². The average Bonchev–Trinajstić information content (AvgIpc) is 2.51. The zero-order chi connectivity index (χ0) is 17.0. The number of hydrogen-bond donors (Lipinski definition) is 2. The number of rotatable bonds is 5. The van der Waals surface area contributed by atoms with Crippen molar-refractivity contribution in [2.45, 2.75) is 32.1 Å². The predicted octanol–water partition coefficient (Wildman–Crippen LogP) is 3.00. The molecule has 124 valence electrons. The van der Waals surface area contributed by atoms with Crippen molar-refractivity contribution in [3.8, 4) is 0 Å². The first kappa shape index (κ1) is 17.1. The molecule has 2 unspecified atom stereocenters. The highest BCUT2D eigenvalue weighted by Crippen LogP contribution is 2.31. The van der Waals surface area contributed by atoms with E-state index in [9.17, 15) is 23.5 Å². The van der Waals surface area contributed by atoms with E-state index in [1.165, 1.54) is 0 Å². The molecule has 0 aromatic heterocycles. The molecule has 2 atom stereocenters. The SMILES string of the molecule is CC1(C(=O)NCC(C(=O)O)c2cc(F)ccc2F)C=CCCC1. The lowest BCUT2D eigenvalue weighted by molar-refractivity contribution is -0.139. The number of benzene rings is 1. The van der Waals surface area contributed by atoms with Gasteiger partial charge in [0.25, 0.3) is 0 Å². The van der Waals surface area contributed by atoms with Crippen LogP contribution in [0.25, 0.3) is 0 Å². The molecule has 0 bridgehead atoms. The molecule has 0 heterocycles. The number of nitrogens with one attached hydrogen (secondary N) is 1. The van der Waals surface area contributed by atoms with Crippen LogP contribution in [0.2, 0.25) is 0 Å². The summed E-state index contributed by atoms with van der Waals surface area (Å²) in [6.07, 6.45) is 6.19. The first-order valence-electron chi connectivity index (χ1n) is 7.47. The molecule has 1 aliphatic carbocycles. The maximum atomic E-state index is 13.8. The number of carbonyl (C=O) groups excluding carboxylic acids is 1. The van der Waals surface area contributed by atoms with Crippen molar-refractivity contribution < 1.29 is 23.5 Å². The smallest absolute Gasteiger partial charge is 0.312 e. The summed E-state index contributed by atoms with van der Waals surface area (Å²) in [7, 11) is 0. The van der Waals surface area contributed by atoms with Crippen LogP contribution >= 0.6 is 0 Å². The van der Waals surface area contributed by atoms with Crippen LogP contribution < -0.4 is 5.32 Å². The molecule has 0 saturated carbocycles. The summed E-state index contributed by atoms with van der Waals surface area (Å²) in [6, 6.07) is 2.65. The van der Waals surface area contributed by atoms with Crippen molar-refractivity contribution in [1.82, 2.24) is 5.32 Å². The van der Waals surface area contributed by atoms with Crippen LogP contribution in [0.15, 0.2) is 30.4 Å². The molecule has 1 aromatic carbocycles. The van der Waals surface area contributed by atoms with Crippen LogP contribution in [-0.2, 0) is 9.59 Å². The number of allylic oxidation sites excluding steroid dienone is 1. The Morgan fingerprint density at radius 2 is 2.13 bits per heavy atom. The Balaban J connectivity index is 2.13. The van der Waals surface area contributed by atoms with E-state index in [4.69, 9.17) is 0 Å². The molecule has 0 radical (unpaired) electrons. The molecule has 2 rings (SSSR count). The Bertz CT molecular complexity index is 645. The highest BCUT2D eigenvalue weighted by Gasteiger charge is 2.33. The molecule has 23 heavy (non-hydrogen) atoms. The van der Waals surface area contributed by atoms with Crippen LogP contribution in [-0.4, -0.2) is 23.5 Å². The fourth-order valence-corrected chi connectivity index (χ4v) is 2.71. The van der Waals surface area contributed by atoms with Gasteiger partial charge in [-0.05, 0) is 44.4 Å². The van der Waals surface area contributed by atoms with Crippen LogP contribution in [0.5, 0.6) is 0 Å². The number of halogens is 2. The molecule has 4 nitrogen and oxygen atoms in total. The number of aliphatic carboxylic acids is 1. The Morgan fingerprint density at radius 3 is 2.74 bits per heavy atom. The highest BCUT2D eigenvalue weighted by molar-refractivity contribution is 5.85. The summed E-state index contributed by atoms with van der Waals surface area (Å²) in [5, 5.41) is 11.8. The number of carboxylic acid groups (broad SMARTS) is 1. The minimum atomic E-state index is -1.34. The Morgan fingerprint density at radius 1 is 1.39 bits per heavy atom. The van der Waals surface area contributed by atoms with Gasteiger partial charge in [-0.15, -0.1) is 0 Å². The average molecular weight is 323 g/mol. The lowest BCUT2D eigenvalue weighted by Crippen LogP contribution is -2.41. The van der Waals surface area contributed by atoms with E-state index < -0.39 is 28.9 Å². The van der Waals surface area contributed by atoms with Crippen LogP contribution in [0.4, 0.5) is 8.78 Å². The summed E-state index contributed by atoms with van der Waals surface area (Å²) in [4.78, 5) is 23.7. The van der Waals surface area contributed by atoms with Gasteiger partial charge in [-0.3, -0.25) is 9.59 Å². The molecular formula is C17H19F2NO3. The predicted molar refractivity (Wildman–Crippen MR) is 80.8 cm³/mol. The maximum Gasteiger partial charge on any atom is 0.312 e. The fourth-order valence-electron chi connectivity index (χ4n) is 2.71. The highest BCUT2D eigenvalue weighted by atomic mass is 19.1. The van der Waals surface area contributed by atoms with Gasteiger partial charge in [-0.1, -0.05) is 12.2 Å². The first-order valence-corrected chi connectivity index (χ1v) is 7.47. The maximum absolute atomic E-state index is 13.8. The second-order valence-electron chi connectivity index (χ2n) is 5.98. The summed E-state index contributed by atoms with van der Waals surface area (Å²) in [5.41, 5.74) is -0.968. The van der Waals surface area contributed by atoms with Crippen LogP contribution in [0, 0.1) is 17.0 Å². The minimum Gasteiger partial charge on any atom is -0.481 e. The zero-order valence-corrected chi connectivity index (χ0v) is 12.8. The Kier molecular flexibility index (Phi) is 5.13. The van der Waals surface area contributed by atoms with E-state index in [0.29, 0.717) is 6.42 Å². The molecule has 1 amide bonds. The van der Waals surface area contributed by atoms with Crippen LogP contribution in [0.3, 0.4) is 0 Å². The van der Waals surface area contributed by atoms with E-state index >= 15 is 0 Å². The van der Waals surface area contributed by atoms with E-state index in [1.807, 2.05) is 12.2 Å². The largest absolute Gasteiger partial charge is 0.481 e. The molecule has 0 saturated heterocycles. The van der Waals surface area contributed by atoms with Crippen LogP contribution in [0.1, 0.15) is 37.7 Å².